The van der Waals surface area contributed by atoms with Crippen molar-refractivity contribution in [2.45, 2.75) is 44.1 Å². The maximum absolute atomic E-state index is 11.7. The fourth-order valence-corrected chi connectivity index (χ4v) is 2.15. The van der Waals surface area contributed by atoms with E-state index in [1.54, 1.807) is 0 Å². The number of nitrogens with one attached hydrogen (secondary N) is 1. The van der Waals surface area contributed by atoms with E-state index in [1.165, 1.54) is 7.11 Å². The Morgan fingerprint density at radius 1 is 1.35 bits per heavy atom. The van der Waals surface area contributed by atoms with Crippen LogP contribution in [-0.4, -0.2) is 31.1 Å². The Morgan fingerprint density at radius 2 is 1.94 bits per heavy atom. The molecule has 0 heterocycles. The second kappa shape index (κ2) is 7.50. The molecule has 0 unspecified atom stereocenters. The quantitative estimate of drug-likeness (QED) is 0.718. The van der Waals surface area contributed by atoms with Gasteiger partial charge in [-0.05, 0) is 25.8 Å². The first-order chi connectivity index (χ1) is 7.64. The van der Waals surface area contributed by atoms with Gasteiger partial charge in [0.25, 0.3) is 0 Å². The summed E-state index contributed by atoms with van der Waals surface area (Å²) >= 11 is 0. The first-order valence-corrected chi connectivity index (χ1v) is 5.74. The van der Waals surface area contributed by atoms with Gasteiger partial charge < -0.3 is 15.8 Å². The number of carbonyl (C=O) groups is 2. The van der Waals surface area contributed by atoms with Gasteiger partial charge in [0.15, 0.2) is 0 Å². The highest BCUT2D eigenvalue weighted by Crippen LogP contribution is 2.30. The molecule has 1 aliphatic rings. The van der Waals surface area contributed by atoms with Crippen molar-refractivity contribution in [1.29, 1.82) is 0 Å². The van der Waals surface area contributed by atoms with Crippen LogP contribution in [0.25, 0.3) is 0 Å². The van der Waals surface area contributed by atoms with Crippen LogP contribution in [0.1, 0.15) is 38.5 Å². The monoisotopic (exact) mass is 264 g/mol. The lowest BCUT2D eigenvalue weighted by atomic mass is 9.97. The number of esters is 1. The zero-order valence-electron chi connectivity index (χ0n) is 10.2. The number of methoxy groups -OCH3 is 1. The largest absolute Gasteiger partial charge is 0.467 e. The summed E-state index contributed by atoms with van der Waals surface area (Å²) in [4.78, 5) is 23.3. The summed E-state index contributed by atoms with van der Waals surface area (Å²) in [6.45, 7) is 0.485. The number of halogens is 1. The van der Waals surface area contributed by atoms with E-state index in [2.05, 4.69) is 5.32 Å². The zero-order chi connectivity index (χ0) is 12.0. The molecule has 0 spiro atoms. The summed E-state index contributed by atoms with van der Waals surface area (Å²) in [7, 11) is 1.36. The average Bonchev–Trinajstić information content (AvgIpc) is 2.75. The van der Waals surface area contributed by atoms with Gasteiger partial charge in [-0.3, -0.25) is 4.79 Å². The molecule has 5 nitrogen and oxygen atoms in total. The molecule has 6 heteroatoms. The number of rotatable bonds is 5. The highest BCUT2D eigenvalue weighted by atomic mass is 35.5. The van der Waals surface area contributed by atoms with Crippen molar-refractivity contribution in [2.75, 3.05) is 13.7 Å². The van der Waals surface area contributed by atoms with Crippen LogP contribution in [0, 0.1) is 0 Å². The van der Waals surface area contributed by atoms with Crippen molar-refractivity contribution < 1.29 is 14.3 Å². The molecule has 0 bridgehead atoms. The summed E-state index contributed by atoms with van der Waals surface area (Å²) in [5, 5.41) is 2.81. The minimum absolute atomic E-state index is 0. The van der Waals surface area contributed by atoms with E-state index < -0.39 is 5.54 Å². The maximum Gasteiger partial charge on any atom is 0.331 e. The molecule has 0 aliphatic heterocycles. The molecule has 1 amide bonds. The summed E-state index contributed by atoms with van der Waals surface area (Å²) in [6.07, 6.45) is 4.26. The van der Waals surface area contributed by atoms with Gasteiger partial charge in [-0.25, -0.2) is 4.79 Å². The molecule has 1 saturated carbocycles. The molecule has 0 aromatic rings. The third kappa shape index (κ3) is 4.16. The molecular formula is C11H21ClN2O3. The van der Waals surface area contributed by atoms with Crippen LogP contribution in [0.4, 0.5) is 0 Å². The van der Waals surface area contributed by atoms with Crippen LogP contribution >= 0.6 is 12.4 Å². The zero-order valence-corrected chi connectivity index (χ0v) is 11.0. The lowest BCUT2D eigenvalue weighted by Crippen LogP contribution is -2.53. The van der Waals surface area contributed by atoms with Crippen molar-refractivity contribution in [1.82, 2.24) is 5.32 Å². The van der Waals surface area contributed by atoms with Gasteiger partial charge in [0.2, 0.25) is 5.91 Å². The minimum Gasteiger partial charge on any atom is -0.467 e. The minimum atomic E-state index is -0.777. The first-order valence-electron chi connectivity index (χ1n) is 5.74. The summed E-state index contributed by atoms with van der Waals surface area (Å²) in [6, 6.07) is 0. The lowest BCUT2D eigenvalue weighted by Gasteiger charge is -2.27. The van der Waals surface area contributed by atoms with Crippen LogP contribution < -0.4 is 11.1 Å². The molecule has 1 aliphatic carbocycles. The standard InChI is InChI=1S/C11H20N2O3.ClH/c1-16-10(15)11(6-2-3-7-11)13-9(14)5-4-8-12;/h2-8,12H2,1H3,(H,13,14);1H. The summed E-state index contributed by atoms with van der Waals surface area (Å²) < 4.78 is 4.76. The van der Waals surface area contributed by atoms with Gasteiger partial charge in [-0.15, -0.1) is 12.4 Å². The van der Waals surface area contributed by atoms with Crippen molar-refractivity contribution in [3.05, 3.63) is 0 Å². The number of nitrogens with two attached hydrogens (primary N) is 1. The number of ether oxygens (including phenoxy) is 1. The Morgan fingerprint density at radius 3 is 2.41 bits per heavy atom. The topological polar surface area (TPSA) is 81.4 Å². The van der Waals surface area contributed by atoms with Gasteiger partial charge in [-0.2, -0.15) is 0 Å². The Hall–Kier alpha value is -0.810. The van der Waals surface area contributed by atoms with E-state index in [4.69, 9.17) is 10.5 Å². The molecule has 0 aromatic heterocycles. The Kier molecular flexibility index (Phi) is 7.15. The van der Waals surface area contributed by atoms with Gasteiger partial charge >= 0.3 is 5.97 Å². The Bertz CT molecular complexity index is 265. The predicted molar refractivity (Wildman–Crippen MR) is 66.9 cm³/mol. The molecular weight excluding hydrogens is 244 g/mol. The third-order valence-corrected chi connectivity index (χ3v) is 3.02. The van der Waals surface area contributed by atoms with Crippen molar-refractivity contribution in [3.63, 3.8) is 0 Å². The van der Waals surface area contributed by atoms with Crippen molar-refractivity contribution >= 4 is 24.3 Å². The van der Waals surface area contributed by atoms with Crippen LogP contribution in [0.5, 0.6) is 0 Å². The predicted octanol–water partition coefficient (Wildman–Crippen LogP) is 0.749. The highest BCUT2D eigenvalue weighted by Gasteiger charge is 2.43. The molecule has 3 N–H and O–H groups in total. The Labute approximate surface area is 108 Å². The normalized spacial score (nSPS) is 17.1. The summed E-state index contributed by atoms with van der Waals surface area (Å²) in [5.41, 5.74) is 4.55. The van der Waals surface area contributed by atoms with Crippen LogP contribution in [0.2, 0.25) is 0 Å². The molecule has 0 atom stereocenters. The molecule has 0 radical (unpaired) electrons. The smallest absolute Gasteiger partial charge is 0.331 e. The number of hydrogen-bond donors (Lipinski definition) is 2. The second-order valence-corrected chi connectivity index (χ2v) is 4.22. The van der Waals surface area contributed by atoms with Gasteiger partial charge in [-0.1, -0.05) is 12.8 Å². The second-order valence-electron chi connectivity index (χ2n) is 4.22. The van der Waals surface area contributed by atoms with Crippen molar-refractivity contribution in [2.24, 2.45) is 5.73 Å². The Balaban J connectivity index is 0.00000256. The fourth-order valence-electron chi connectivity index (χ4n) is 2.15. The van der Waals surface area contributed by atoms with Crippen LogP contribution in [0.15, 0.2) is 0 Å². The van der Waals surface area contributed by atoms with Crippen LogP contribution in [0.3, 0.4) is 0 Å². The fraction of sp³-hybridized carbons (Fsp3) is 0.818. The first kappa shape index (κ1) is 16.2. The van der Waals surface area contributed by atoms with E-state index in [0.717, 1.165) is 12.8 Å². The van der Waals surface area contributed by atoms with Gasteiger partial charge in [0.05, 0.1) is 7.11 Å². The number of hydrogen-bond acceptors (Lipinski definition) is 4. The van der Waals surface area contributed by atoms with Gasteiger partial charge in [0.1, 0.15) is 5.54 Å². The van der Waals surface area contributed by atoms with E-state index in [-0.39, 0.29) is 24.3 Å². The summed E-state index contributed by atoms with van der Waals surface area (Å²) in [5.74, 6) is -0.441. The van der Waals surface area contributed by atoms with Crippen molar-refractivity contribution in [3.8, 4) is 0 Å². The molecule has 0 saturated heterocycles. The van der Waals surface area contributed by atoms with Crippen LogP contribution in [-0.2, 0) is 14.3 Å². The van der Waals surface area contributed by atoms with E-state index >= 15 is 0 Å². The van der Waals surface area contributed by atoms with E-state index in [9.17, 15) is 9.59 Å². The maximum atomic E-state index is 11.7. The molecule has 100 valence electrons. The molecule has 0 aromatic carbocycles. The average molecular weight is 265 g/mol. The van der Waals surface area contributed by atoms with E-state index in [0.29, 0.717) is 32.2 Å². The molecule has 1 rings (SSSR count). The number of amides is 1. The molecule has 17 heavy (non-hydrogen) atoms. The highest BCUT2D eigenvalue weighted by molar-refractivity contribution is 5.88. The lowest BCUT2D eigenvalue weighted by molar-refractivity contribution is -0.150. The SMILES string of the molecule is COC(=O)C1(NC(=O)CCCN)CCCC1.Cl. The van der Waals surface area contributed by atoms with E-state index in [1.807, 2.05) is 0 Å². The molecule has 1 fully saturated rings. The number of carbonyl (C=O) groups excluding carboxylic acids is 2. The van der Waals surface area contributed by atoms with Gasteiger partial charge in [0, 0.05) is 6.42 Å². The third-order valence-electron chi connectivity index (χ3n) is 3.02.